The molecule has 6 heteroatoms. The first-order chi connectivity index (χ1) is 10.2. The molecule has 1 aromatic heterocycles. The maximum atomic E-state index is 12.3. The van der Waals surface area contributed by atoms with Crippen molar-refractivity contribution in [1.29, 1.82) is 0 Å². The van der Waals surface area contributed by atoms with Gasteiger partial charge in [-0.05, 0) is 38.4 Å². The zero-order chi connectivity index (χ0) is 14.7. The van der Waals surface area contributed by atoms with Crippen LogP contribution in [-0.4, -0.2) is 63.8 Å². The molecule has 2 fully saturated rings. The monoisotopic (exact) mass is 291 g/mol. The number of amides is 1. The molecule has 2 N–H and O–H groups in total. The molecule has 0 bridgehead atoms. The molecular weight excluding hydrogens is 266 g/mol. The Bertz CT molecular complexity index is 453. The Labute approximate surface area is 125 Å². The number of aromatic nitrogens is 2. The van der Waals surface area contributed by atoms with Gasteiger partial charge in [-0.1, -0.05) is 0 Å². The molecule has 0 spiro atoms. The smallest absolute Gasteiger partial charge is 0.224 e. The molecule has 0 radical (unpaired) electrons. The minimum absolute atomic E-state index is 0.252. The summed E-state index contributed by atoms with van der Waals surface area (Å²) in [4.78, 5) is 16.8. The minimum Gasteiger partial charge on any atom is -0.341 e. The number of aryl methyl sites for hydroxylation is 1. The van der Waals surface area contributed by atoms with Crippen LogP contribution in [0.3, 0.4) is 0 Å². The van der Waals surface area contributed by atoms with Crippen LogP contribution in [-0.2, 0) is 11.3 Å². The topological polar surface area (TPSA) is 67.4 Å². The van der Waals surface area contributed by atoms with Crippen LogP contribution in [0.1, 0.15) is 25.7 Å². The Morgan fingerprint density at radius 2 is 2.05 bits per heavy atom. The van der Waals surface area contributed by atoms with Crippen molar-refractivity contribution >= 4 is 5.91 Å². The van der Waals surface area contributed by atoms with E-state index in [1.807, 2.05) is 21.8 Å². The van der Waals surface area contributed by atoms with Crippen molar-refractivity contribution in [2.75, 3.05) is 26.2 Å². The number of nitrogens with two attached hydrogens (primary N) is 1. The second-order valence-electron chi connectivity index (χ2n) is 6.17. The first-order valence-electron chi connectivity index (χ1n) is 7.97. The molecule has 21 heavy (non-hydrogen) atoms. The van der Waals surface area contributed by atoms with Gasteiger partial charge in [-0.25, -0.2) is 0 Å². The number of hydrogen-bond donors (Lipinski definition) is 1. The van der Waals surface area contributed by atoms with Gasteiger partial charge in [-0.2, -0.15) is 5.10 Å². The summed E-state index contributed by atoms with van der Waals surface area (Å²) >= 11 is 0. The van der Waals surface area contributed by atoms with Crippen LogP contribution in [0.5, 0.6) is 0 Å². The normalized spacial score (nSPS) is 24.6. The summed E-state index contributed by atoms with van der Waals surface area (Å²) in [6.07, 6.45) is 7.46. The van der Waals surface area contributed by atoms with Crippen molar-refractivity contribution in [3.05, 3.63) is 18.5 Å². The first kappa shape index (κ1) is 14.5. The van der Waals surface area contributed by atoms with Crippen LogP contribution in [0, 0.1) is 0 Å². The van der Waals surface area contributed by atoms with Crippen LogP contribution in [0.2, 0.25) is 0 Å². The number of nitrogens with zero attached hydrogens (tertiary/aromatic N) is 4. The molecule has 0 aromatic carbocycles. The number of likely N-dealkylation sites (tertiary alicyclic amines) is 2. The van der Waals surface area contributed by atoms with Gasteiger partial charge in [-0.3, -0.25) is 14.4 Å². The molecule has 1 atom stereocenters. The van der Waals surface area contributed by atoms with Crippen molar-refractivity contribution in [3.8, 4) is 0 Å². The van der Waals surface area contributed by atoms with Crippen molar-refractivity contribution in [3.63, 3.8) is 0 Å². The number of hydrogen-bond acceptors (Lipinski definition) is 4. The second kappa shape index (κ2) is 6.58. The minimum atomic E-state index is 0.252. The maximum absolute atomic E-state index is 12.3. The predicted octanol–water partition coefficient (Wildman–Crippen LogP) is 0.297. The highest BCUT2D eigenvalue weighted by atomic mass is 16.2. The Kier molecular flexibility index (Phi) is 4.55. The number of rotatable bonds is 4. The van der Waals surface area contributed by atoms with E-state index in [2.05, 4.69) is 10.00 Å². The molecule has 1 amide bonds. The van der Waals surface area contributed by atoms with E-state index in [4.69, 9.17) is 5.73 Å². The summed E-state index contributed by atoms with van der Waals surface area (Å²) in [7, 11) is 0. The Balaban J connectivity index is 1.44. The third kappa shape index (κ3) is 3.63. The van der Waals surface area contributed by atoms with Gasteiger partial charge in [0.2, 0.25) is 5.91 Å². The van der Waals surface area contributed by atoms with Crippen molar-refractivity contribution < 1.29 is 4.79 Å². The van der Waals surface area contributed by atoms with Crippen molar-refractivity contribution in [2.24, 2.45) is 5.73 Å². The van der Waals surface area contributed by atoms with Crippen LogP contribution in [0.25, 0.3) is 0 Å². The zero-order valence-electron chi connectivity index (χ0n) is 12.5. The fraction of sp³-hybridized carbons (Fsp3) is 0.733. The molecule has 3 rings (SSSR count). The quantitative estimate of drug-likeness (QED) is 0.866. The molecule has 1 unspecified atom stereocenters. The third-order valence-electron chi connectivity index (χ3n) is 4.72. The summed E-state index contributed by atoms with van der Waals surface area (Å²) in [6, 6.07) is 2.79. The van der Waals surface area contributed by atoms with E-state index in [0.717, 1.165) is 45.4 Å². The Morgan fingerprint density at radius 1 is 1.24 bits per heavy atom. The lowest BCUT2D eigenvalue weighted by Crippen LogP contribution is -2.46. The van der Waals surface area contributed by atoms with E-state index in [1.165, 1.54) is 0 Å². The molecular formula is C15H25N5O. The summed E-state index contributed by atoms with van der Waals surface area (Å²) in [5.74, 6) is 0.252. The Morgan fingerprint density at radius 3 is 2.76 bits per heavy atom. The highest BCUT2D eigenvalue weighted by molar-refractivity contribution is 5.76. The number of carbonyl (C=O) groups excluding carboxylic acids is 1. The number of carbonyl (C=O) groups is 1. The van der Waals surface area contributed by atoms with E-state index in [-0.39, 0.29) is 5.91 Å². The molecule has 116 valence electrons. The maximum Gasteiger partial charge on any atom is 0.224 e. The van der Waals surface area contributed by atoms with Gasteiger partial charge in [0.1, 0.15) is 0 Å². The second-order valence-corrected chi connectivity index (χ2v) is 6.17. The average Bonchev–Trinajstić information content (AvgIpc) is 3.17. The summed E-state index contributed by atoms with van der Waals surface area (Å²) in [5.41, 5.74) is 5.96. The molecule has 2 aliphatic heterocycles. The van der Waals surface area contributed by atoms with Crippen LogP contribution < -0.4 is 5.73 Å². The largest absolute Gasteiger partial charge is 0.341 e. The summed E-state index contributed by atoms with van der Waals surface area (Å²) in [5, 5.41) is 4.14. The van der Waals surface area contributed by atoms with Crippen LogP contribution >= 0.6 is 0 Å². The molecule has 0 aliphatic carbocycles. The lowest BCUT2D eigenvalue weighted by atomic mass is 10.0. The van der Waals surface area contributed by atoms with E-state index in [9.17, 15) is 4.79 Å². The standard InChI is InChI=1S/C15H25N5O/c16-13-2-8-18(9-3-13)14-4-10-19(12-14)15(21)5-11-20-7-1-6-17-20/h1,6-7,13-14H,2-5,8-12,16H2. The van der Waals surface area contributed by atoms with Gasteiger partial charge in [0.05, 0.1) is 0 Å². The predicted molar refractivity (Wildman–Crippen MR) is 80.6 cm³/mol. The highest BCUT2D eigenvalue weighted by Crippen LogP contribution is 2.20. The molecule has 1 aromatic rings. The fourth-order valence-electron chi connectivity index (χ4n) is 3.35. The van der Waals surface area contributed by atoms with E-state index >= 15 is 0 Å². The molecule has 2 saturated heterocycles. The van der Waals surface area contributed by atoms with Gasteiger partial charge < -0.3 is 10.6 Å². The van der Waals surface area contributed by atoms with Gasteiger partial charge >= 0.3 is 0 Å². The first-order valence-corrected chi connectivity index (χ1v) is 7.97. The average molecular weight is 291 g/mol. The van der Waals surface area contributed by atoms with E-state index in [1.54, 1.807) is 6.20 Å². The van der Waals surface area contributed by atoms with Gasteiger partial charge in [0, 0.05) is 50.5 Å². The van der Waals surface area contributed by atoms with Crippen molar-refractivity contribution in [2.45, 2.75) is 44.3 Å². The van der Waals surface area contributed by atoms with Gasteiger partial charge in [0.25, 0.3) is 0 Å². The van der Waals surface area contributed by atoms with Gasteiger partial charge in [-0.15, -0.1) is 0 Å². The third-order valence-corrected chi connectivity index (χ3v) is 4.72. The van der Waals surface area contributed by atoms with E-state index in [0.29, 0.717) is 25.0 Å². The van der Waals surface area contributed by atoms with Crippen molar-refractivity contribution in [1.82, 2.24) is 19.6 Å². The lowest BCUT2D eigenvalue weighted by molar-refractivity contribution is -0.130. The zero-order valence-corrected chi connectivity index (χ0v) is 12.5. The van der Waals surface area contributed by atoms with Crippen LogP contribution in [0.15, 0.2) is 18.5 Å². The molecule has 0 saturated carbocycles. The Hall–Kier alpha value is -1.40. The SMILES string of the molecule is NC1CCN(C2CCN(C(=O)CCn3cccn3)C2)CC1. The number of piperidine rings is 1. The molecule has 3 heterocycles. The summed E-state index contributed by atoms with van der Waals surface area (Å²) < 4.78 is 1.82. The van der Waals surface area contributed by atoms with E-state index < -0.39 is 0 Å². The van der Waals surface area contributed by atoms with Gasteiger partial charge in [0.15, 0.2) is 0 Å². The molecule has 2 aliphatic rings. The van der Waals surface area contributed by atoms with Crippen LogP contribution in [0.4, 0.5) is 0 Å². The lowest BCUT2D eigenvalue weighted by Gasteiger charge is -2.34. The highest BCUT2D eigenvalue weighted by Gasteiger charge is 2.31. The fourth-order valence-corrected chi connectivity index (χ4v) is 3.35. The summed E-state index contributed by atoms with van der Waals surface area (Å²) in [6.45, 7) is 4.62. The molecule has 6 nitrogen and oxygen atoms in total.